The number of fused-ring (bicyclic) bond motifs is 1. The van der Waals surface area contributed by atoms with Gasteiger partial charge in [-0.15, -0.1) is 0 Å². The highest BCUT2D eigenvalue weighted by Crippen LogP contribution is 2.47. The van der Waals surface area contributed by atoms with Crippen molar-refractivity contribution in [3.05, 3.63) is 34.9 Å². The van der Waals surface area contributed by atoms with E-state index in [2.05, 4.69) is 0 Å². The maximum Gasteiger partial charge on any atom is 0.326 e. The number of amides is 2. The standard InChI is InChI=1S/C16H17NO5S/c1-2-22-13(19)8-17-14(20)16(23-15(17)21)6-11-4-3-10(9-18)5-12(11)7-16/h3-5,18H,2,6-9H2,1H3. The molecule has 0 saturated carbocycles. The van der Waals surface area contributed by atoms with Gasteiger partial charge in [-0.05, 0) is 48.2 Å². The Bertz CT molecular complexity index is 689. The van der Waals surface area contributed by atoms with Crippen molar-refractivity contribution in [1.82, 2.24) is 4.90 Å². The maximum absolute atomic E-state index is 12.7. The quantitative estimate of drug-likeness (QED) is 0.835. The van der Waals surface area contributed by atoms with E-state index in [0.717, 1.165) is 33.4 Å². The van der Waals surface area contributed by atoms with Crippen LogP contribution < -0.4 is 0 Å². The predicted octanol–water partition coefficient (Wildman–Crippen LogP) is 1.27. The van der Waals surface area contributed by atoms with Crippen molar-refractivity contribution in [2.75, 3.05) is 13.2 Å². The van der Waals surface area contributed by atoms with E-state index in [0.29, 0.717) is 12.8 Å². The third-order valence-electron chi connectivity index (χ3n) is 4.14. The molecule has 2 aliphatic rings. The second-order valence-electron chi connectivity index (χ2n) is 5.67. The minimum atomic E-state index is -0.861. The van der Waals surface area contributed by atoms with Gasteiger partial charge in [0, 0.05) is 0 Å². The summed E-state index contributed by atoms with van der Waals surface area (Å²) in [4.78, 5) is 37.5. The van der Waals surface area contributed by atoms with Gasteiger partial charge in [-0.3, -0.25) is 19.3 Å². The number of aliphatic hydroxyl groups is 1. The lowest BCUT2D eigenvalue weighted by Gasteiger charge is -2.19. The van der Waals surface area contributed by atoms with Crippen molar-refractivity contribution >= 4 is 28.9 Å². The molecular weight excluding hydrogens is 318 g/mol. The molecule has 1 aliphatic carbocycles. The van der Waals surface area contributed by atoms with Gasteiger partial charge in [0.1, 0.15) is 11.3 Å². The maximum atomic E-state index is 12.7. The Kier molecular flexibility index (Phi) is 4.16. The van der Waals surface area contributed by atoms with E-state index in [9.17, 15) is 19.5 Å². The zero-order valence-corrected chi connectivity index (χ0v) is 13.5. The molecule has 1 aromatic carbocycles. The fourth-order valence-corrected chi connectivity index (χ4v) is 4.33. The van der Waals surface area contributed by atoms with Crippen molar-refractivity contribution in [3.63, 3.8) is 0 Å². The molecule has 1 heterocycles. The molecule has 7 heteroatoms. The van der Waals surface area contributed by atoms with Gasteiger partial charge in [0.05, 0.1) is 13.2 Å². The summed E-state index contributed by atoms with van der Waals surface area (Å²) in [6.07, 6.45) is 0.896. The van der Waals surface area contributed by atoms with E-state index >= 15 is 0 Å². The first-order valence-electron chi connectivity index (χ1n) is 7.41. The van der Waals surface area contributed by atoms with Gasteiger partial charge in [0.2, 0.25) is 5.91 Å². The molecule has 6 nitrogen and oxygen atoms in total. The van der Waals surface area contributed by atoms with Crippen molar-refractivity contribution in [1.29, 1.82) is 0 Å². The Balaban J connectivity index is 1.81. The zero-order valence-electron chi connectivity index (χ0n) is 12.7. The van der Waals surface area contributed by atoms with Gasteiger partial charge in [-0.2, -0.15) is 0 Å². The van der Waals surface area contributed by atoms with Gasteiger partial charge < -0.3 is 9.84 Å². The fourth-order valence-electron chi connectivity index (χ4n) is 3.08. The Morgan fingerprint density at radius 1 is 1.35 bits per heavy atom. The Morgan fingerprint density at radius 2 is 2.09 bits per heavy atom. The average molecular weight is 335 g/mol. The highest BCUT2D eigenvalue weighted by atomic mass is 32.2. The molecule has 0 aromatic heterocycles. The van der Waals surface area contributed by atoms with Crippen LogP contribution in [-0.4, -0.2) is 45.0 Å². The number of carbonyl (C=O) groups is 3. The van der Waals surface area contributed by atoms with Crippen LogP contribution in [0.1, 0.15) is 23.6 Å². The van der Waals surface area contributed by atoms with Crippen molar-refractivity contribution in [2.24, 2.45) is 0 Å². The summed E-state index contributed by atoms with van der Waals surface area (Å²) < 4.78 is 3.96. The lowest BCUT2D eigenvalue weighted by atomic mass is 10.0. The predicted molar refractivity (Wildman–Crippen MR) is 83.8 cm³/mol. The molecule has 0 bridgehead atoms. The molecule has 1 aromatic rings. The van der Waals surface area contributed by atoms with Crippen molar-refractivity contribution < 1.29 is 24.2 Å². The van der Waals surface area contributed by atoms with E-state index in [1.165, 1.54) is 0 Å². The molecule has 2 amide bonds. The molecule has 3 rings (SSSR count). The monoisotopic (exact) mass is 335 g/mol. The number of hydrogen-bond acceptors (Lipinski definition) is 6. The average Bonchev–Trinajstić information content (AvgIpc) is 2.99. The minimum absolute atomic E-state index is 0.0602. The van der Waals surface area contributed by atoms with Crippen molar-refractivity contribution in [3.8, 4) is 0 Å². The van der Waals surface area contributed by atoms with Crippen LogP contribution in [0.25, 0.3) is 0 Å². The van der Waals surface area contributed by atoms with Crippen LogP contribution >= 0.6 is 11.8 Å². The molecule has 1 N–H and O–H groups in total. The number of imide groups is 1. The summed E-state index contributed by atoms with van der Waals surface area (Å²) in [5, 5.41) is 8.82. The summed E-state index contributed by atoms with van der Waals surface area (Å²) in [5.74, 6) is -0.910. The van der Waals surface area contributed by atoms with Crippen LogP contribution in [0.15, 0.2) is 18.2 Å². The van der Waals surface area contributed by atoms with Crippen LogP contribution in [-0.2, 0) is 33.8 Å². The van der Waals surface area contributed by atoms with E-state index < -0.39 is 16.0 Å². The minimum Gasteiger partial charge on any atom is -0.465 e. The van der Waals surface area contributed by atoms with E-state index in [1.807, 2.05) is 18.2 Å². The summed E-state index contributed by atoms with van der Waals surface area (Å²) in [6, 6.07) is 5.58. The second-order valence-corrected chi connectivity index (χ2v) is 7.01. The first-order chi connectivity index (χ1) is 11.0. The summed E-state index contributed by atoms with van der Waals surface area (Å²) in [5.41, 5.74) is 2.77. The van der Waals surface area contributed by atoms with E-state index in [-0.39, 0.29) is 25.7 Å². The highest BCUT2D eigenvalue weighted by Gasteiger charge is 2.55. The number of benzene rings is 1. The SMILES string of the molecule is CCOC(=O)CN1C(=O)SC2(Cc3ccc(CO)cc3C2)C1=O. The summed E-state index contributed by atoms with van der Waals surface area (Å²) in [7, 11) is 0. The number of rotatable bonds is 4. The Hall–Kier alpha value is -1.86. The Labute approximate surface area is 137 Å². The molecule has 1 spiro atoms. The Morgan fingerprint density at radius 3 is 2.78 bits per heavy atom. The molecule has 122 valence electrons. The molecule has 1 saturated heterocycles. The van der Waals surface area contributed by atoms with Crippen molar-refractivity contribution in [2.45, 2.75) is 31.1 Å². The summed E-state index contributed by atoms with van der Waals surface area (Å²) >= 11 is 0.989. The number of aliphatic hydroxyl groups excluding tert-OH is 1. The van der Waals surface area contributed by atoms with Crippen LogP contribution in [0, 0.1) is 0 Å². The third-order valence-corrected chi connectivity index (χ3v) is 5.38. The molecular formula is C16H17NO5S. The van der Waals surface area contributed by atoms with Crippen LogP contribution in [0.2, 0.25) is 0 Å². The molecule has 1 aliphatic heterocycles. The van der Waals surface area contributed by atoms with Gasteiger partial charge in [-0.25, -0.2) is 0 Å². The first-order valence-corrected chi connectivity index (χ1v) is 8.23. The van der Waals surface area contributed by atoms with Gasteiger partial charge in [0.15, 0.2) is 0 Å². The zero-order chi connectivity index (χ0) is 16.6. The molecule has 1 unspecified atom stereocenters. The van der Waals surface area contributed by atoms with Crippen LogP contribution in [0.5, 0.6) is 0 Å². The first kappa shape index (κ1) is 16.0. The molecule has 0 radical (unpaired) electrons. The molecule has 23 heavy (non-hydrogen) atoms. The number of ether oxygens (including phenoxy) is 1. The summed E-state index contributed by atoms with van der Waals surface area (Å²) in [6.45, 7) is 1.49. The number of carbonyl (C=O) groups excluding carboxylic acids is 3. The van der Waals surface area contributed by atoms with Crippen LogP contribution in [0.3, 0.4) is 0 Å². The van der Waals surface area contributed by atoms with E-state index in [4.69, 9.17) is 4.74 Å². The number of hydrogen-bond donors (Lipinski definition) is 1. The third kappa shape index (κ3) is 2.74. The lowest BCUT2D eigenvalue weighted by Crippen LogP contribution is -2.42. The largest absolute Gasteiger partial charge is 0.465 e. The number of esters is 1. The molecule has 1 fully saturated rings. The van der Waals surface area contributed by atoms with Gasteiger partial charge in [-0.1, -0.05) is 18.2 Å². The fraction of sp³-hybridized carbons (Fsp3) is 0.438. The number of nitrogens with zero attached hydrogens (tertiary/aromatic N) is 1. The number of thioether (sulfide) groups is 1. The topological polar surface area (TPSA) is 83.9 Å². The van der Waals surface area contributed by atoms with Crippen LogP contribution in [0.4, 0.5) is 4.79 Å². The smallest absolute Gasteiger partial charge is 0.326 e. The second kappa shape index (κ2) is 5.98. The highest BCUT2D eigenvalue weighted by molar-refractivity contribution is 8.16. The molecule has 1 atom stereocenters. The van der Waals surface area contributed by atoms with Gasteiger partial charge >= 0.3 is 5.97 Å². The van der Waals surface area contributed by atoms with E-state index in [1.54, 1.807) is 6.92 Å². The lowest BCUT2D eigenvalue weighted by molar-refractivity contribution is -0.147. The van der Waals surface area contributed by atoms with Gasteiger partial charge in [0.25, 0.3) is 5.24 Å². The normalized spacial score (nSPS) is 22.8.